The summed E-state index contributed by atoms with van der Waals surface area (Å²) in [6.45, 7) is 1.21. The molecule has 0 saturated heterocycles. The fraction of sp³-hybridized carbons (Fsp3) is 0.0833. The highest BCUT2D eigenvalue weighted by molar-refractivity contribution is 6.03. The van der Waals surface area contributed by atoms with Gasteiger partial charge in [-0.3, -0.25) is 4.79 Å². The van der Waals surface area contributed by atoms with E-state index in [0.717, 1.165) is 5.56 Å². The van der Waals surface area contributed by atoms with Crippen LogP contribution in [0.15, 0.2) is 47.1 Å². The second-order valence-electron chi connectivity index (χ2n) is 3.92. The molecule has 3 N–H and O–H groups in total. The minimum Gasteiger partial charge on any atom is -0.510 e. The number of aromatic amines is 1. The van der Waals surface area contributed by atoms with Crippen molar-refractivity contribution in [1.29, 1.82) is 0 Å². The van der Waals surface area contributed by atoms with Crippen LogP contribution in [0.4, 0.5) is 5.69 Å². The van der Waals surface area contributed by atoms with Gasteiger partial charge in [0, 0.05) is 11.3 Å². The summed E-state index contributed by atoms with van der Waals surface area (Å²) in [7, 11) is 0. The van der Waals surface area contributed by atoms with Gasteiger partial charge in [0.05, 0.1) is 6.20 Å². The number of benzene rings is 1. The van der Waals surface area contributed by atoms with E-state index in [1.807, 2.05) is 0 Å². The van der Waals surface area contributed by atoms with Crippen LogP contribution in [0, 0.1) is 4.91 Å². The predicted molar refractivity (Wildman–Crippen MR) is 71.6 cm³/mol. The number of carbonyl (C=O) groups is 1. The number of rotatable bonds is 4. The molecule has 8 heteroatoms. The highest BCUT2D eigenvalue weighted by atomic mass is 16.3. The molecule has 20 heavy (non-hydrogen) atoms. The summed E-state index contributed by atoms with van der Waals surface area (Å²) in [5.41, 5.74) is 1.24. The van der Waals surface area contributed by atoms with Gasteiger partial charge in [0.25, 0.3) is 5.91 Å². The van der Waals surface area contributed by atoms with Crippen LogP contribution < -0.4 is 5.32 Å². The van der Waals surface area contributed by atoms with Gasteiger partial charge in [-0.15, -0.1) is 4.91 Å². The van der Waals surface area contributed by atoms with Gasteiger partial charge in [-0.25, -0.2) is 0 Å². The van der Waals surface area contributed by atoms with Crippen molar-refractivity contribution in [2.75, 3.05) is 5.32 Å². The third-order valence-electron chi connectivity index (χ3n) is 2.48. The highest BCUT2D eigenvalue weighted by Crippen LogP contribution is 2.20. The molecule has 1 aromatic carbocycles. The first-order valence-corrected chi connectivity index (χ1v) is 5.62. The van der Waals surface area contributed by atoms with Crippen molar-refractivity contribution in [2.24, 2.45) is 5.18 Å². The molecule has 2 aromatic rings. The summed E-state index contributed by atoms with van der Waals surface area (Å²) in [6, 6.07) is 6.80. The number of nitrogens with one attached hydrogen (secondary N) is 2. The summed E-state index contributed by atoms with van der Waals surface area (Å²) >= 11 is 0. The zero-order valence-corrected chi connectivity index (χ0v) is 10.5. The summed E-state index contributed by atoms with van der Waals surface area (Å²) in [5.74, 6) is -1.22. The lowest BCUT2D eigenvalue weighted by Crippen LogP contribution is -2.14. The fourth-order valence-electron chi connectivity index (χ4n) is 1.56. The van der Waals surface area contributed by atoms with E-state index in [2.05, 4.69) is 25.9 Å². The molecule has 0 fully saturated rings. The average Bonchev–Trinajstić information content (AvgIpc) is 2.93. The second-order valence-corrected chi connectivity index (χ2v) is 3.92. The van der Waals surface area contributed by atoms with Gasteiger partial charge in [-0.2, -0.15) is 15.4 Å². The van der Waals surface area contributed by atoms with Crippen molar-refractivity contribution in [3.05, 3.63) is 46.8 Å². The van der Waals surface area contributed by atoms with Crippen LogP contribution in [0.5, 0.6) is 0 Å². The Hall–Kier alpha value is -3.03. The molecule has 0 unspecified atom stereocenters. The van der Waals surface area contributed by atoms with Crippen LogP contribution in [-0.2, 0) is 4.79 Å². The Morgan fingerprint density at radius 3 is 2.85 bits per heavy atom. The second kappa shape index (κ2) is 5.74. The van der Waals surface area contributed by atoms with Crippen LogP contribution in [0.1, 0.15) is 6.92 Å². The number of nitrogens with zero attached hydrogens (tertiary/aromatic N) is 3. The van der Waals surface area contributed by atoms with E-state index in [-0.39, 0.29) is 0 Å². The summed E-state index contributed by atoms with van der Waals surface area (Å²) < 4.78 is 0. The molecular weight excluding hydrogens is 262 g/mol. The Bertz CT molecular complexity index is 659. The van der Waals surface area contributed by atoms with E-state index < -0.39 is 17.4 Å². The topological polar surface area (TPSA) is 120 Å². The first-order valence-electron chi connectivity index (χ1n) is 5.62. The Morgan fingerprint density at radius 2 is 2.25 bits per heavy atom. The van der Waals surface area contributed by atoms with Crippen molar-refractivity contribution >= 4 is 11.6 Å². The first-order chi connectivity index (χ1) is 9.61. The van der Waals surface area contributed by atoms with E-state index in [1.165, 1.54) is 13.1 Å². The Balaban J connectivity index is 2.23. The highest BCUT2D eigenvalue weighted by Gasteiger charge is 2.14. The van der Waals surface area contributed by atoms with Crippen molar-refractivity contribution < 1.29 is 9.90 Å². The van der Waals surface area contributed by atoms with Gasteiger partial charge in [-0.05, 0) is 24.2 Å². The molecular formula is C12H11N5O3. The minimum atomic E-state index is -0.780. The number of aromatic nitrogens is 3. The Kier molecular flexibility index (Phi) is 3.85. The third kappa shape index (κ3) is 2.86. The number of allylic oxidation sites excluding steroid dienone is 1. The van der Waals surface area contributed by atoms with Crippen molar-refractivity contribution in [3.63, 3.8) is 0 Å². The summed E-state index contributed by atoms with van der Waals surface area (Å²) in [6.07, 6.45) is 1.54. The van der Waals surface area contributed by atoms with Gasteiger partial charge in [-0.1, -0.05) is 12.1 Å². The molecule has 102 valence electrons. The van der Waals surface area contributed by atoms with E-state index in [9.17, 15) is 9.70 Å². The first kappa shape index (κ1) is 13.4. The lowest BCUT2D eigenvalue weighted by Gasteiger charge is -2.05. The van der Waals surface area contributed by atoms with Crippen molar-refractivity contribution in [3.8, 4) is 11.3 Å². The lowest BCUT2D eigenvalue weighted by molar-refractivity contribution is -0.113. The molecule has 1 heterocycles. The van der Waals surface area contributed by atoms with E-state index in [0.29, 0.717) is 11.4 Å². The van der Waals surface area contributed by atoms with Crippen LogP contribution in [0.25, 0.3) is 11.3 Å². The fourth-order valence-corrected chi connectivity index (χ4v) is 1.56. The number of hydrogen-bond donors (Lipinski definition) is 3. The number of aliphatic hydroxyl groups is 1. The zero-order chi connectivity index (χ0) is 14.5. The number of hydrogen-bond acceptors (Lipinski definition) is 6. The Morgan fingerprint density at radius 1 is 1.45 bits per heavy atom. The molecule has 2 rings (SSSR count). The minimum absolute atomic E-state index is 0.440. The van der Waals surface area contributed by atoms with Crippen LogP contribution >= 0.6 is 0 Å². The molecule has 0 aliphatic heterocycles. The number of anilines is 1. The van der Waals surface area contributed by atoms with E-state index in [4.69, 9.17) is 5.11 Å². The number of nitroso groups, excluding NO2 is 1. The molecule has 0 aliphatic rings. The van der Waals surface area contributed by atoms with Crippen LogP contribution in [0.3, 0.4) is 0 Å². The standard InChI is InChI=1S/C12H11N5O3/c1-7(18)11(16-20)12(19)14-9-4-2-3-8(5-9)10-6-13-17-15-10/h2-6,18H,1H3,(H,14,19)(H,13,15,17). The molecule has 1 amide bonds. The SMILES string of the molecule is CC(O)=C(N=O)C(=O)Nc1cccc(-c2cn[nH]n2)c1. The molecule has 1 aromatic heterocycles. The molecule has 0 bridgehead atoms. The monoisotopic (exact) mass is 273 g/mol. The molecule has 0 radical (unpaired) electrons. The number of carbonyl (C=O) groups excluding carboxylic acids is 1. The van der Waals surface area contributed by atoms with Crippen molar-refractivity contribution in [2.45, 2.75) is 6.92 Å². The number of amides is 1. The quantitative estimate of drug-likeness (QED) is 0.446. The van der Waals surface area contributed by atoms with E-state index >= 15 is 0 Å². The lowest BCUT2D eigenvalue weighted by atomic mass is 10.1. The van der Waals surface area contributed by atoms with Crippen LogP contribution in [0.2, 0.25) is 0 Å². The maximum absolute atomic E-state index is 11.7. The molecule has 8 nitrogen and oxygen atoms in total. The predicted octanol–water partition coefficient (Wildman–Crippen LogP) is 1.97. The number of aliphatic hydroxyl groups excluding tert-OH is 1. The smallest absolute Gasteiger partial charge is 0.281 e. The van der Waals surface area contributed by atoms with Gasteiger partial charge in [0.2, 0.25) is 5.70 Å². The molecule has 0 atom stereocenters. The van der Waals surface area contributed by atoms with Gasteiger partial charge >= 0.3 is 0 Å². The van der Waals surface area contributed by atoms with Crippen LogP contribution in [-0.4, -0.2) is 26.4 Å². The molecule has 0 aliphatic carbocycles. The molecule has 0 saturated carbocycles. The molecule has 0 spiro atoms. The van der Waals surface area contributed by atoms with Gasteiger partial charge < -0.3 is 10.4 Å². The average molecular weight is 273 g/mol. The van der Waals surface area contributed by atoms with Gasteiger partial charge in [0.1, 0.15) is 11.5 Å². The summed E-state index contributed by atoms with van der Waals surface area (Å²) in [4.78, 5) is 22.2. The maximum atomic E-state index is 11.7. The largest absolute Gasteiger partial charge is 0.510 e. The number of H-pyrrole nitrogens is 1. The van der Waals surface area contributed by atoms with E-state index in [1.54, 1.807) is 24.3 Å². The third-order valence-corrected chi connectivity index (χ3v) is 2.48. The van der Waals surface area contributed by atoms with Gasteiger partial charge in [0.15, 0.2) is 0 Å². The summed E-state index contributed by atoms with van der Waals surface area (Å²) in [5, 5.41) is 24.2. The normalized spacial score (nSPS) is 11.7. The zero-order valence-electron chi connectivity index (χ0n) is 10.5. The maximum Gasteiger partial charge on any atom is 0.281 e. The Labute approximate surface area is 113 Å². The van der Waals surface area contributed by atoms with Crippen molar-refractivity contribution in [1.82, 2.24) is 15.4 Å².